The Labute approximate surface area is 155 Å². The van der Waals surface area contributed by atoms with Crippen LogP contribution in [0.25, 0.3) is 0 Å². The van der Waals surface area contributed by atoms with Crippen molar-refractivity contribution in [3.05, 3.63) is 62.7 Å². The molecule has 26 heavy (non-hydrogen) atoms. The second kappa shape index (κ2) is 6.75. The fourth-order valence-electron chi connectivity index (χ4n) is 3.56. The number of benzene rings is 2. The van der Waals surface area contributed by atoms with E-state index in [-0.39, 0.29) is 17.9 Å². The number of rotatable bonds is 3. The molecule has 0 spiro atoms. The number of nitrogens with one attached hydrogen (secondary N) is 1. The number of nitro benzene ring substituents is 1. The van der Waals surface area contributed by atoms with Gasteiger partial charge in [0.05, 0.1) is 37.0 Å². The first kappa shape index (κ1) is 17.1. The van der Waals surface area contributed by atoms with Gasteiger partial charge in [-0.3, -0.25) is 10.1 Å². The molecule has 136 valence electrons. The molecule has 1 saturated heterocycles. The second-order valence-electron chi connectivity index (χ2n) is 6.14. The standard InChI is InChI=1S/C18H17ClN2O5/c1-24-14-4-2-3-11-15(14)20-16(18-17(11)25-7-8-26-18)12-9-10(21(22)23)5-6-13(12)19/h2-6,9,16-18,20H,7-8H2,1H3. The maximum Gasteiger partial charge on any atom is 0.269 e. The van der Waals surface area contributed by atoms with E-state index in [0.717, 1.165) is 11.3 Å². The maximum atomic E-state index is 11.2. The van der Waals surface area contributed by atoms with E-state index in [2.05, 4.69) is 5.32 Å². The quantitative estimate of drug-likeness (QED) is 0.646. The molecule has 2 aromatic carbocycles. The van der Waals surface area contributed by atoms with Crippen molar-refractivity contribution >= 4 is 23.0 Å². The van der Waals surface area contributed by atoms with Gasteiger partial charge in [-0.15, -0.1) is 0 Å². The van der Waals surface area contributed by atoms with Gasteiger partial charge in [0.1, 0.15) is 18.0 Å². The number of methoxy groups -OCH3 is 1. The summed E-state index contributed by atoms with van der Waals surface area (Å²) in [6.07, 6.45) is -0.668. The van der Waals surface area contributed by atoms with E-state index >= 15 is 0 Å². The highest BCUT2D eigenvalue weighted by Gasteiger charge is 2.43. The molecule has 7 nitrogen and oxygen atoms in total. The Morgan fingerprint density at radius 3 is 2.81 bits per heavy atom. The minimum atomic E-state index is -0.438. The summed E-state index contributed by atoms with van der Waals surface area (Å²) in [7, 11) is 1.59. The Morgan fingerprint density at radius 1 is 1.23 bits per heavy atom. The number of ether oxygens (including phenoxy) is 3. The first-order chi connectivity index (χ1) is 12.6. The van der Waals surface area contributed by atoms with Crippen molar-refractivity contribution in [1.29, 1.82) is 0 Å². The lowest BCUT2D eigenvalue weighted by atomic mass is 9.87. The zero-order chi connectivity index (χ0) is 18.3. The van der Waals surface area contributed by atoms with Crippen LogP contribution >= 0.6 is 11.6 Å². The number of para-hydroxylation sites is 1. The zero-order valence-electron chi connectivity index (χ0n) is 14.0. The first-order valence-corrected chi connectivity index (χ1v) is 8.58. The van der Waals surface area contributed by atoms with Crippen molar-refractivity contribution in [2.24, 2.45) is 0 Å². The monoisotopic (exact) mass is 376 g/mol. The molecule has 2 heterocycles. The lowest BCUT2D eigenvalue weighted by Crippen LogP contribution is -2.43. The highest BCUT2D eigenvalue weighted by molar-refractivity contribution is 6.31. The van der Waals surface area contributed by atoms with Gasteiger partial charge in [0.15, 0.2) is 0 Å². The average molecular weight is 377 g/mol. The number of anilines is 1. The predicted molar refractivity (Wildman–Crippen MR) is 95.9 cm³/mol. The number of nitro groups is 1. The minimum Gasteiger partial charge on any atom is -0.495 e. The smallest absolute Gasteiger partial charge is 0.269 e. The van der Waals surface area contributed by atoms with Crippen molar-refractivity contribution in [2.75, 3.05) is 25.6 Å². The summed E-state index contributed by atoms with van der Waals surface area (Å²) in [5, 5.41) is 15.0. The van der Waals surface area contributed by atoms with E-state index in [4.69, 9.17) is 25.8 Å². The molecule has 2 aliphatic rings. The largest absolute Gasteiger partial charge is 0.495 e. The van der Waals surface area contributed by atoms with Gasteiger partial charge in [0.2, 0.25) is 0 Å². The van der Waals surface area contributed by atoms with Gasteiger partial charge in [-0.1, -0.05) is 23.7 Å². The Morgan fingerprint density at radius 2 is 2.04 bits per heavy atom. The lowest BCUT2D eigenvalue weighted by molar-refractivity contribution is -0.384. The molecular weight excluding hydrogens is 360 g/mol. The number of nitrogens with zero attached hydrogens (tertiary/aromatic N) is 1. The van der Waals surface area contributed by atoms with Crippen molar-refractivity contribution in [3.63, 3.8) is 0 Å². The third-order valence-electron chi connectivity index (χ3n) is 4.73. The fraction of sp³-hybridized carbons (Fsp3) is 0.333. The lowest BCUT2D eigenvalue weighted by Gasteiger charge is -2.43. The summed E-state index contributed by atoms with van der Waals surface area (Å²) in [5.41, 5.74) is 2.30. The molecule has 0 saturated carbocycles. The van der Waals surface area contributed by atoms with Gasteiger partial charge in [-0.25, -0.2) is 0 Å². The number of halogens is 1. The van der Waals surface area contributed by atoms with Gasteiger partial charge >= 0.3 is 0 Å². The molecule has 4 rings (SSSR count). The normalized spacial score (nSPS) is 24.2. The van der Waals surface area contributed by atoms with Crippen molar-refractivity contribution < 1.29 is 19.1 Å². The van der Waals surface area contributed by atoms with Gasteiger partial charge in [-0.2, -0.15) is 0 Å². The molecule has 0 bridgehead atoms. The summed E-state index contributed by atoms with van der Waals surface area (Å²) < 4.78 is 17.4. The van der Waals surface area contributed by atoms with E-state index in [1.165, 1.54) is 18.2 Å². The molecule has 0 amide bonds. The predicted octanol–water partition coefficient (Wildman–Crippen LogP) is 3.88. The van der Waals surface area contributed by atoms with Crippen LogP contribution in [0.15, 0.2) is 36.4 Å². The minimum absolute atomic E-state index is 0.0229. The Bertz CT molecular complexity index is 859. The van der Waals surface area contributed by atoms with Crippen LogP contribution in [0, 0.1) is 10.1 Å². The summed E-state index contributed by atoms with van der Waals surface area (Å²) in [6, 6.07) is 9.71. The molecule has 0 radical (unpaired) electrons. The number of non-ortho nitro benzene ring substituents is 1. The van der Waals surface area contributed by atoms with E-state index in [1.807, 2.05) is 18.2 Å². The molecule has 0 aromatic heterocycles. The van der Waals surface area contributed by atoms with Crippen molar-refractivity contribution in [1.82, 2.24) is 0 Å². The zero-order valence-corrected chi connectivity index (χ0v) is 14.7. The van der Waals surface area contributed by atoms with Crippen LogP contribution in [0.2, 0.25) is 5.02 Å². The molecule has 2 aliphatic heterocycles. The third kappa shape index (κ3) is 2.78. The van der Waals surface area contributed by atoms with E-state index < -0.39 is 11.0 Å². The van der Waals surface area contributed by atoms with Crippen LogP contribution in [0.5, 0.6) is 5.75 Å². The highest BCUT2D eigenvalue weighted by Crippen LogP contribution is 2.48. The SMILES string of the molecule is COc1cccc2c1NC(c1cc([N+](=O)[O-])ccc1Cl)C1OCCOC21. The molecule has 3 unspecified atom stereocenters. The highest BCUT2D eigenvalue weighted by atomic mass is 35.5. The van der Waals surface area contributed by atoms with Crippen LogP contribution in [0.1, 0.15) is 23.3 Å². The maximum absolute atomic E-state index is 11.2. The second-order valence-corrected chi connectivity index (χ2v) is 6.54. The van der Waals surface area contributed by atoms with Crippen molar-refractivity contribution in [2.45, 2.75) is 18.2 Å². The van der Waals surface area contributed by atoms with Gasteiger partial charge in [0, 0.05) is 28.3 Å². The van der Waals surface area contributed by atoms with E-state index in [9.17, 15) is 10.1 Å². The van der Waals surface area contributed by atoms with Gasteiger partial charge in [-0.05, 0) is 12.1 Å². The van der Waals surface area contributed by atoms with Crippen LogP contribution in [0.4, 0.5) is 11.4 Å². The number of hydrogen-bond donors (Lipinski definition) is 1. The Hall–Kier alpha value is -2.35. The number of fused-ring (bicyclic) bond motifs is 3. The van der Waals surface area contributed by atoms with Gasteiger partial charge in [0.25, 0.3) is 5.69 Å². The topological polar surface area (TPSA) is 82.9 Å². The average Bonchev–Trinajstić information content (AvgIpc) is 2.67. The summed E-state index contributed by atoms with van der Waals surface area (Å²) in [4.78, 5) is 10.8. The molecule has 0 aliphatic carbocycles. The first-order valence-electron chi connectivity index (χ1n) is 8.20. The fourth-order valence-corrected chi connectivity index (χ4v) is 3.80. The molecule has 1 fully saturated rings. The molecule has 3 atom stereocenters. The van der Waals surface area contributed by atoms with E-state index in [0.29, 0.717) is 29.5 Å². The molecule has 2 aromatic rings. The van der Waals surface area contributed by atoms with Crippen LogP contribution in [-0.4, -0.2) is 31.4 Å². The summed E-state index contributed by atoms with van der Waals surface area (Å²) >= 11 is 6.38. The summed E-state index contributed by atoms with van der Waals surface area (Å²) in [6.45, 7) is 0.929. The Balaban J connectivity index is 1.84. The van der Waals surface area contributed by atoms with Crippen LogP contribution < -0.4 is 10.1 Å². The van der Waals surface area contributed by atoms with E-state index in [1.54, 1.807) is 7.11 Å². The molecule has 8 heteroatoms. The molecular formula is C18H17ClN2O5. The third-order valence-corrected chi connectivity index (χ3v) is 5.07. The number of hydrogen-bond acceptors (Lipinski definition) is 6. The van der Waals surface area contributed by atoms with Crippen LogP contribution in [-0.2, 0) is 9.47 Å². The van der Waals surface area contributed by atoms with Crippen LogP contribution in [0.3, 0.4) is 0 Å². The van der Waals surface area contributed by atoms with Crippen molar-refractivity contribution in [3.8, 4) is 5.75 Å². The summed E-state index contributed by atoms with van der Waals surface area (Å²) in [5.74, 6) is 0.668. The molecule has 1 N–H and O–H groups in total. The van der Waals surface area contributed by atoms with Gasteiger partial charge < -0.3 is 19.5 Å². The Kier molecular flexibility index (Phi) is 4.44.